The molecule has 0 aliphatic carbocycles. The van der Waals surface area contributed by atoms with Crippen LogP contribution in [0.15, 0.2) is 53.4 Å². The number of carbonyl (C=O) groups excluding carboxylic acids is 2. The topological polar surface area (TPSA) is 55.8 Å². The van der Waals surface area contributed by atoms with Crippen LogP contribution in [-0.2, 0) is 19.1 Å². The van der Waals surface area contributed by atoms with Crippen LogP contribution in [0.3, 0.4) is 0 Å². The van der Waals surface area contributed by atoms with Gasteiger partial charge < -0.3 is 14.4 Å². The van der Waals surface area contributed by atoms with E-state index < -0.39 is 12.1 Å². The van der Waals surface area contributed by atoms with Crippen molar-refractivity contribution < 1.29 is 19.1 Å². The molecule has 0 unspecified atom stereocenters. The molecular formula is C22H25NO4S. The van der Waals surface area contributed by atoms with Gasteiger partial charge in [0.25, 0.3) is 5.91 Å². The van der Waals surface area contributed by atoms with E-state index in [0.29, 0.717) is 31.9 Å². The standard InChI is InChI=1S/C22H25NO4S/c1-16-8-9-19(17(2)14-16)28-15-20(24)27-21(18-6-4-3-5-7-18)22(25)23-10-12-26-13-11-23/h3-9,14,21H,10-13,15H2,1-2H3/t21-/m0/s1. The van der Waals surface area contributed by atoms with Crippen LogP contribution in [0.4, 0.5) is 0 Å². The third-order valence-electron chi connectivity index (χ3n) is 4.57. The highest BCUT2D eigenvalue weighted by molar-refractivity contribution is 8.00. The Balaban J connectivity index is 1.68. The molecule has 0 bridgehead atoms. The summed E-state index contributed by atoms with van der Waals surface area (Å²) in [5.41, 5.74) is 3.00. The van der Waals surface area contributed by atoms with Crippen molar-refractivity contribution in [2.75, 3.05) is 32.1 Å². The van der Waals surface area contributed by atoms with Crippen LogP contribution in [0.2, 0.25) is 0 Å². The summed E-state index contributed by atoms with van der Waals surface area (Å²) < 4.78 is 11.0. The Labute approximate surface area is 170 Å². The van der Waals surface area contributed by atoms with Gasteiger partial charge in [-0.15, -0.1) is 11.8 Å². The Morgan fingerprint density at radius 2 is 1.82 bits per heavy atom. The molecule has 1 fully saturated rings. The van der Waals surface area contributed by atoms with Crippen LogP contribution in [-0.4, -0.2) is 48.8 Å². The summed E-state index contributed by atoms with van der Waals surface area (Å²) in [4.78, 5) is 28.3. The second-order valence-electron chi connectivity index (χ2n) is 6.78. The quantitative estimate of drug-likeness (QED) is 0.549. The van der Waals surface area contributed by atoms with Gasteiger partial charge in [0.1, 0.15) is 0 Å². The average molecular weight is 400 g/mol. The molecule has 28 heavy (non-hydrogen) atoms. The van der Waals surface area contributed by atoms with Gasteiger partial charge >= 0.3 is 5.97 Å². The van der Waals surface area contributed by atoms with E-state index >= 15 is 0 Å². The largest absolute Gasteiger partial charge is 0.447 e. The van der Waals surface area contributed by atoms with Crippen LogP contribution in [0.25, 0.3) is 0 Å². The number of thioether (sulfide) groups is 1. The van der Waals surface area contributed by atoms with E-state index in [0.717, 1.165) is 10.5 Å². The van der Waals surface area contributed by atoms with Crippen molar-refractivity contribution in [3.8, 4) is 0 Å². The van der Waals surface area contributed by atoms with Crippen LogP contribution < -0.4 is 0 Å². The highest BCUT2D eigenvalue weighted by atomic mass is 32.2. The molecule has 6 heteroatoms. The lowest BCUT2D eigenvalue weighted by Crippen LogP contribution is -2.44. The Hall–Kier alpha value is -2.31. The van der Waals surface area contributed by atoms with Gasteiger partial charge in [-0.3, -0.25) is 9.59 Å². The van der Waals surface area contributed by atoms with Gasteiger partial charge in [-0.05, 0) is 25.5 Å². The van der Waals surface area contributed by atoms with Gasteiger partial charge in [-0.2, -0.15) is 0 Å². The van der Waals surface area contributed by atoms with Gasteiger partial charge in [0.05, 0.1) is 19.0 Å². The van der Waals surface area contributed by atoms with Crippen LogP contribution >= 0.6 is 11.8 Å². The zero-order valence-corrected chi connectivity index (χ0v) is 17.0. The SMILES string of the molecule is Cc1ccc(SCC(=O)O[C@H](C(=O)N2CCOCC2)c2ccccc2)c(C)c1. The molecule has 0 spiro atoms. The number of rotatable bonds is 6. The normalized spacial score (nSPS) is 15.1. The van der Waals surface area contributed by atoms with Crippen molar-refractivity contribution in [2.45, 2.75) is 24.8 Å². The monoisotopic (exact) mass is 399 g/mol. The molecule has 1 amide bonds. The summed E-state index contributed by atoms with van der Waals surface area (Å²) in [6.07, 6.45) is -0.925. The summed E-state index contributed by atoms with van der Waals surface area (Å²) in [6.45, 7) is 6.09. The molecule has 3 rings (SSSR count). The van der Waals surface area contributed by atoms with Gasteiger partial charge in [0.15, 0.2) is 0 Å². The number of benzene rings is 2. The number of amides is 1. The van der Waals surface area contributed by atoms with Crippen LogP contribution in [0.5, 0.6) is 0 Å². The smallest absolute Gasteiger partial charge is 0.317 e. The third-order valence-corrected chi connectivity index (χ3v) is 5.72. The summed E-state index contributed by atoms with van der Waals surface area (Å²) in [6, 6.07) is 15.3. The third kappa shape index (κ3) is 5.36. The van der Waals surface area contributed by atoms with Crippen molar-refractivity contribution in [3.05, 3.63) is 65.2 Å². The summed E-state index contributed by atoms with van der Waals surface area (Å²) in [7, 11) is 0. The van der Waals surface area contributed by atoms with Crippen LogP contribution in [0.1, 0.15) is 22.8 Å². The molecule has 1 aliphatic rings. The first-order chi connectivity index (χ1) is 13.5. The van der Waals surface area contributed by atoms with E-state index in [1.807, 2.05) is 56.3 Å². The fourth-order valence-corrected chi connectivity index (χ4v) is 3.89. The molecule has 1 atom stereocenters. The maximum absolute atomic E-state index is 13.0. The summed E-state index contributed by atoms with van der Waals surface area (Å²) >= 11 is 1.43. The minimum Gasteiger partial charge on any atom is -0.447 e. The van der Waals surface area contributed by atoms with E-state index in [1.165, 1.54) is 17.3 Å². The molecule has 0 aromatic heterocycles. The number of morpholine rings is 1. The first kappa shape index (κ1) is 20.4. The number of carbonyl (C=O) groups is 2. The lowest BCUT2D eigenvalue weighted by molar-refractivity contribution is -0.160. The lowest BCUT2D eigenvalue weighted by Gasteiger charge is -2.30. The van der Waals surface area contributed by atoms with Crippen molar-refractivity contribution >= 4 is 23.6 Å². The van der Waals surface area contributed by atoms with Gasteiger partial charge in [0, 0.05) is 23.5 Å². The summed E-state index contributed by atoms with van der Waals surface area (Å²) in [5.74, 6) is -0.441. The second-order valence-corrected chi connectivity index (χ2v) is 7.79. The molecule has 148 valence electrons. The zero-order valence-electron chi connectivity index (χ0n) is 16.2. The Morgan fingerprint density at radius 3 is 2.50 bits per heavy atom. The first-order valence-electron chi connectivity index (χ1n) is 9.35. The first-order valence-corrected chi connectivity index (χ1v) is 10.3. The maximum Gasteiger partial charge on any atom is 0.317 e. The summed E-state index contributed by atoms with van der Waals surface area (Å²) in [5, 5.41) is 0. The molecule has 1 saturated heterocycles. The van der Waals surface area contributed by atoms with E-state index in [-0.39, 0.29) is 11.7 Å². The molecule has 2 aromatic carbocycles. The molecular weight excluding hydrogens is 374 g/mol. The second kappa shape index (κ2) is 9.75. The maximum atomic E-state index is 13.0. The number of ether oxygens (including phenoxy) is 2. The van der Waals surface area contributed by atoms with Gasteiger partial charge in [0.2, 0.25) is 6.10 Å². The molecule has 0 radical (unpaired) electrons. The molecule has 5 nitrogen and oxygen atoms in total. The molecule has 2 aromatic rings. The van der Waals surface area contributed by atoms with Crippen molar-refractivity contribution in [2.24, 2.45) is 0 Å². The highest BCUT2D eigenvalue weighted by Gasteiger charge is 2.30. The van der Waals surface area contributed by atoms with Gasteiger partial charge in [-0.25, -0.2) is 0 Å². The Kier molecular flexibility index (Phi) is 7.12. The van der Waals surface area contributed by atoms with Crippen molar-refractivity contribution in [1.82, 2.24) is 4.90 Å². The highest BCUT2D eigenvalue weighted by Crippen LogP contribution is 2.26. The number of hydrogen-bond acceptors (Lipinski definition) is 5. The predicted octanol–water partition coefficient (Wildman–Crippen LogP) is 3.54. The van der Waals surface area contributed by atoms with Crippen LogP contribution in [0, 0.1) is 13.8 Å². The zero-order chi connectivity index (χ0) is 19.9. The number of nitrogens with zero attached hydrogens (tertiary/aromatic N) is 1. The van der Waals surface area contributed by atoms with E-state index in [4.69, 9.17) is 9.47 Å². The van der Waals surface area contributed by atoms with Crippen molar-refractivity contribution in [1.29, 1.82) is 0 Å². The fraction of sp³-hybridized carbons (Fsp3) is 0.364. The van der Waals surface area contributed by atoms with E-state index in [2.05, 4.69) is 6.07 Å². The Morgan fingerprint density at radius 1 is 1.11 bits per heavy atom. The van der Waals surface area contributed by atoms with E-state index in [1.54, 1.807) is 4.90 Å². The molecule has 1 aliphatic heterocycles. The Bertz CT molecular complexity index is 819. The fourth-order valence-electron chi connectivity index (χ4n) is 3.10. The lowest BCUT2D eigenvalue weighted by atomic mass is 10.1. The molecule has 1 heterocycles. The van der Waals surface area contributed by atoms with Crippen molar-refractivity contribution in [3.63, 3.8) is 0 Å². The van der Waals surface area contributed by atoms with E-state index in [9.17, 15) is 9.59 Å². The predicted molar refractivity (Wildman–Crippen MR) is 109 cm³/mol. The molecule has 0 saturated carbocycles. The van der Waals surface area contributed by atoms with Gasteiger partial charge in [-0.1, -0.05) is 48.0 Å². The number of aryl methyl sites for hydroxylation is 2. The minimum absolute atomic E-state index is 0.156. The number of esters is 1. The minimum atomic E-state index is -0.925. The number of hydrogen-bond donors (Lipinski definition) is 0. The molecule has 0 N–H and O–H groups in total. The average Bonchev–Trinajstić information content (AvgIpc) is 2.72.